The van der Waals surface area contributed by atoms with Crippen LogP contribution in [-0.2, 0) is 14.3 Å². The molecule has 2 unspecified atom stereocenters. The fourth-order valence-corrected chi connectivity index (χ4v) is 2.06. The summed E-state index contributed by atoms with van der Waals surface area (Å²) in [5.74, 6) is -0.285. The predicted molar refractivity (Wildman–Crippen MR) is 50.0 cm³/mol. The van der Waals surface area contributed by atoms with Crippen molar-refractivity contribution in [1.29, 1.82) is 0 Å². The summed E-state index contributed by atoms with van der Waals surface area (Å²) < 4.78 is 5.28. The Kier molecular flexibility index (Phi) is 2.41. The Balaban J connectivity index is 1.96. The van der Waals surface area contributed by atoms with Gasteiger partial charge in [-0.05, 0) is 26.3 Å². The normalized spacial score (nSPS) is 37.1. The van der Waals surface area contributed by atoms with Crippen molar-refractivity contribution in [2.45, 2.75) is 31.4 Å². The highest BCUT2D eigenvalue weighted by Crippen LogP contribution is 2.30. The number of hydrogen-bond acceptors (Lipinski definition) is 4. The Morgan fingerprint density at radius 2 is 2.43 bits per heavy atom. The molecule has 0 aromatic carbocycles. The summed E-state index contributed by atoms with van der Waals surface area (Å²) in [5.41, 5.74) is -0.0637. The molecule has 2 heterocycles. The third-order valence-corrected chi connectivity index (χ3v) is 2.98. The van der Waals surface area contributed by atoms with Gasteiger partial charge >= 0.3 is 0 Å². The molecule has 4 heteroatoms. The Hall–Kier alpha value is -0.740. The summed E-state index contributed by atoms with van der Waals surface area (Å²) in [5, 5.41) is 0. The van der Waals surface area contributed by atoms with Crippen LogP contribution in [0.5, 0.6) is 0 Å². The molecule has 0 aliphatic carbocycles. The minimum absolute atomic E-state index is 0.0637. The number of ether oxygens (including phenoxy) is 1. The Morgan fingerprint density at radius 1 is 1.71 bits per heavy atom. The van der Waals surface area contributed by atoms with Crippen LogP contribution in [0.1, 0.15) is 19.8 Å². The summed E-state index contributed by atoms with van der Waals surface area (Å²) in [6, 6.07) is -0.187. The maximum absolute atomic E-state index is 11.3. The summed E-state index contributed by atoms with van der Waals surface area (Å²) in [7, 11) is 0. The van der Waals surface area contributed by atoms with E-state index < -0.39 is 0 Å². The number of epoxide rings is 1. The van der Waals surface area contributed by atoms with Crippen molar-refractivity contribution in [3.63, 3.8) is 0 Å². The molecule has 2 saturated heterocycles. The van der Waals surface area contributed by atoms with E-state index >= 15 is 0 Å². The number of carbonyl (C=O) groups excluding carboxylic acids is 2. The van der Waals surface area contributed by atoms with Crippen LogP contribution < -0.4 is 0 Å². The van der Waals surface area contributed by atoms with E-state index in [0.717, 1.165) is 32.5 Å². The molecule has 2 rings (SSSR count). The molecule has 14 heavy (non-hydrogen) atoms. The molecular weight excluding hydrogens is 182 g/mol. The van der Waals surface area contributed by atoms with Crippen molar-refractivity contribution in [2.24, 2.45) is 0 Å². The van der Waals surface area contributed by atoms with E-state index in [1.54, 1.807) is 0 Å². The number of nitrogens with zero attached hydrogens (tertiary/aromatic N) is 1. The molecule has 2 aliphatic heterocycles. The fraction of sp³-hybridized carbons (Fsp3) is 0.800. The molecule has 0 aromatic rings. The lowest BCUT2D eigenvalue weighted by Gasteiger charge is -2.23. The summed E-state index contributed by atoms with van der Waals surface area (Å²) in [6.45, 7) is 4.49. The summed E-state index contributed by atoms with van der Waals surface area (Å²) >= 11 is 0. The van der Waals surface area contributed by atoms with Gasteiger partial charge in [0.1, 0.15) is 5.60 Å². The maximum atomic E-state index is 11.3. The topological polar surface area (TPSA) is 49.9 Å². The lowest BCUT2D eigenvalue weighted by atomic mass is 10.1. The zero-order valence-electron chi connectivity index (χ0n) is 8.36. The molecule has 0 aromatic heterocycles. The number of carbonyl (C=O) groups is 2. The average molecular weight is 197 g/mol. The van der Waals surface area contributed by atoms with Crippen molar-refractivity contribution >= 4 is 12.1 Å². The van der Waals surface area contributed by atoms with Gasteiger partial charge in [0.25, 0.3) is 0 Å². The minimum Gasteiger partial charge on any atom is -0.369 e. The number of aldehydes is 1. The van der Waals surface area contributed by atoms with Gasteiger partial charge < -0.3 is 4.74 Å². The van der Waals surface area contributed by atoms with Crippen LogP contribution in [0, 0.1) is 0 Å². The number of hydrogen-bond donors (Lipinski definition) is 0. The lowest BCUT2D eigenvalue weighted by molar-refractivity contribution is -0.133. The smallest absolute Gasteiger partial charge is 0.212 e. The van der Waals surface area contributed by atoms with E-state index in [1.807, 2.05) is 6.92 Å². The lowest BCUT2D eigenvalue weighted by Crippen LogP contribution is -2.41. The van der Waals surface area contributed by atoms with Gasteiger partial charge in [-0.3, -0.25) is 14.5 Å². The van der Waals surface area contributed by atoms with Crippen molar-refractivity contribution in [3.05, 3.63) is 0 Å². The van der Waals surface area contributed by atoms with Gasteiger partial charge in [0.2, 0.25) is 5.78 Å². The second-order valence-corrected chi connectivity index (χ2v) is 4.39. The molecule has 0 spiro atoms. The molecule has 0 amide bonds. The Bertz CT molecular complexity index is 260. The van der Waals surface area contributed by atoms with Gasteiger partial charge in [0.05, 0.1) is 12.6 Å². The molecule has 0 saturated carbocycles. The van der Waals surface area contributed by atoms with Crippen molar-refractivity contribution in [1.82, 2.24) is 4.90 Å². The van der Waals surface area contributed by atoms with Crippen LogP contribution in [0.2, 0.25) is 0 Å². The summed E-state index contributed by atoms with van der Waals surface area (Å²) in [4.78, 5) is 23.8. The fourth-order valence-electron chi connectivity index (χ4n) is 2.06. The van der Waals surface area contributed by atoms with E-state index in [4.69, 9.17) is 4.74 Å². The second kappa shape index (κ2) is 3.44. The van der Waals surface area contributed by atoms with Crippen LogP contribution in [0.4, 0.5) is 0 Å². The van der Waals surface area contributed by atoms with Crippen molar-refractivity contribution < 1.29 is 14.3 Å². The highest BCUT2D eigenvalue weighted by Gasteiger charge is 2.44. The molecular formula is C10H15NO3. The first-order valence-electron chi connectivity index (χ1n) is 5.02. The standard InChI is InChI=1S/C10H15NO3/c1-10(7-14-10)6-11-4-2-3-8(11)9(13)5-12/h5,8H,2-4,6-7H2,1H3. The Labute approximate surface area is 83.2 Å². The minimum atomic E-state index is -0.285. The first-order valence-corrected chi connectivity index (χ1v) is 5.02. The molecule has 2 aliphatic rings. The van der Waals surface area contributed by atoms with E-state index in [9.17, 15) is 9.59 Å². The highest BCUT2D eigenvalue weighted by molar-refractivity contribution is 6.27. The van der Waals surface area contributed by atoms with Gasteiger partial charge in [0, 0.05) is 6.54 Å². The van der Waals surface area contributed by atoms with Crippen LogP contribution in [0.15, 0.2) is 0 Å². The van der Waals surface area contributed by atoms with E-state index in [1.165, 1.54) is 0 Å². The molecule has 0 N–H and O–H groups in total. The first-order chi connectivity index (χ1) is 6.64. The van der Waals surface area contributed by atoms with Gasteiger partial charge in [-0.1, -0.05) is 0 Å². The maximum Gasteiger partial charge on any atom is 0.212 e. The van der Waals surface area contributed by atoms with Crippen molar-refractivity contribution in [2.75, 3.05) is 19.7 Å². The van der Waals surface area contributed by atoms with Gasteiger partial charge in [-0.15, -0.1) is 0 Å². The molecule has 4 nitrogen and oxygen atoms in total. The van der Waals surface area contributed by atoms with E-state index in [-0.39, 0.29) is 17.4 Å². The molecule has 0 radical (unpaired) electrons. The molecule has 2 atom stereocenters. The average Bonchev–Trinajstić information content (AvgIpc) is 2.72. The largest absolute Gasteiger partial charge is 0.369 e. The summed E-state index contributed by atoms with van der Waals surface area (Å²) in [6.07, 6.45) is 2.26. The Morgan fingerprint density at radius 3 is 3.00 bits per heavy atom. The number of likely N-dealkylation sites (tertiary alicyclic amines) is 1. The molecule has 0 bridgehead atoms. The van der Waals surface area contributed by atoms with Gasteiger partial charge in [-0.2, -0.15) is 0 Å². The quantitative estimate of drug-likeness (QED) is 0.362. The predicted octanol–water partition coefficient (Wildman–Crippen LogP) is 0.00770. The van der Waals surface area contributed by atoms with Gasteiger partial charge in [0.15, 0.2) is 6.29 Å². The number of Topliss-reactive ketones (excluding diaryl/α,β-unsaturated/α-hetero) is 1. The van der Waals surface area contributed by atoms with Crippen LogP contribution >= 0.6 is 0 Å². The van der Waals surface area contributed by atoms with Crippen LogP contribution in [0.3, 0.4) is 0 Å². The van der Waals surface area contributed by atoms with Gasteiger partial charge in [-0.25, -0.2) is 0 Å². The first kappa shape index (κ1) is 9.80. The molecule has 2 fully saturated rings. The third-order valence-electron chi connectivity index (χ3n) is 2.98. The number of rotatable bonds is 4. The van der Waals surface area contributed by atoms with E-state index in [2.05, 4.69) is 4.90 Å². The second-order valence-electron chi connectivity index (χ2n) is 4.39. The highest BCUT2D eigenvalue weighted by atomic mass is 16.6. The SMILES string of the molecule is CC1(CN2CCCC2C(=O)C=O)CO1. The van der Waals surface area contributed by atoms with Crippen LogP contribution in [0.25, 0.3) is 0 Å². The monoisotopic (exact) mass is 197 g/mol. The molecule has 78 valence electrons. The third kappa shape index (κ3) is 1.86. The zero-order valence-corrected chi connectivity index (χ0v) is 8.36. The van der Waals surface area contributed by atoms with E-state index in [0.29, 0.717) is 6.29 Å². The zero-order chi connectivity index (χ0) is 10.2. The van der Waals surface area contributed by atoms with Crippen LogP contribution in [-0.4, -0.2) is 48.3 Å². The van der Waals surface area contributed by atoms with Crippen molar-refractivity contribution in [3.8, 4) is 0 Å². The number of ketones is 1.